The molecule has 0 unspecified atom stereocenters. The van der Waals surface area contributed by atoms with Gasteiger partial charge in [0.25, 0.3) is 0 Å². The summed E-state index contributed by atoms with van der Waals surface area (Å²) in [6.07, 6.45) is 29.0. The molecule has 0 spiro atoms. The normalized spacial score (nSPS) is 11.7. The third kappa shape index (κ3) is 12.2. The van der Waals surface area contributed by atoms with Gasteiger partial charge in [-0.3, -0.25) is 4.79 Å². The van der Waals surface area contributed by atoms with E-state index < -0.39 is 0 Å². The Labute approximate surface area is 202 Å². The lowest BCUT2D eigenvalue weighted by molar-refractivity contribution is 0.0886. The maximum absolute atomic E-state index is 12.4. The first-order valence-corrected chi connectivity index (χ1v) is 13.8. The van der Waals surface area contributed by atoms with Gasteiger partial charge in [0.15, 0.2) is 0 Å². The molecule has 4 nitrogen and oxygen atoms in total. The molecule has 0 amide bonds. The van der Waals surface area contributed by atoms with Crippen LogP contribution < -0.4 is 0 Å². The summed E-state index contributed by atoms with van der Waals surface area (Å²) in [7, 11) is 0. The summed E-state index contributed by atoms with van der Waals surface area (Å²) in [5, 5.41) is 8.08. The van der Waals surface area contributed by atoms with E-state index in [0.717, 1.165) is 23.9 Å². The molecule has 0 atom stereocenters. The maximum Gasteiger partial charge on any atom is 0.248 e. The SMILES string of the molecule is CCCCCCCC/C=C/CCCCCCCCCCCCC(=O)n1nnc2ccccc21. The van der Waals surface area contributed by atoms with Crippen LogP contribution in [0, 0.1) is 0 Å². The van der Waals surface area contributed by atoms with Gasteiger partial charge in [0.2, 0.25) is 5.91 Å². The minimum absolute atomic E-state index is 0.0564. The molecule has 33 heavy (non-hydrogen) atoms. The molecule has 0 aliphatic rings. The molecule has 0 saturated carbocycles. The van der Waals surface area contributed by atoms with Crippen molar-refractivity contribution in [3.8, 4) is 0 Å². The molecule has 0 N–H and O–H groups in total. The van der Waals surface area contributed by atoms with Gasteiger partial charge in [0.05, 0.1) is 5.52 Å². The van der Waals surface area contributed by atoms with Crippen LogP contribution in [0.4, 0.5) is 0 Å². The van der Waals surface area contributed by atoms with Crippen LogP contribution in [-0.4, -0.2) is 20.9 Å². The zero-order chi connectivity index (χ0) is 23.4. The topological polar surface area (TPSA) is 47.8 Å². The monoisotopic (exact) mass is 453 g/mol. The van der Waals surface area contributed by atoms with Crippen LogP contribution in [0.25, 0.3) is 11.0 Å². The number of unbranched alkanes of at least 4 members (excludes halogenated alkanes) is 16. The summed E-state index contributed by atoms with van der Waals surface area (Å²) in [5.41, 5.74) is 1.59. The van der Waals surface area contributed by atoms with Gasteiger partial charge in [0, 0.05) is 6.42 Å². The number of allylic oxidation sites excluding steroid dienone is 2. The predicted octanol–water partition coefficient (Wildman–Crippen LogP) is 9.06. The minimum atomic E-state index is 0.0564. The molecule has 1 aromatic carbocycles. The molecule has 0 saturated heterocycles. The fourth-order valence-electron chi connectivity index (χ4n) is 4.39. The van der Waals surface area contributed by atoms with Crippen molar-refractivity contribution in [1.82, 2.24) is 15.0 Å². The standard InChI is InChI=1S/C29H47N3O/c1-2-3-4-5-6-7-8-9-10-11-12-13-14-15-16-17-18-19-20-21-26-29(33)32-28-25-23-22-24-27(28)30-31-32/h9-10,22-25H,2-8,11-21,26H2,1H3/b10-9+. The van der Waals surface area contributed by atoms with Gasteiger partial charge in [-0.25, -0.2) is 0 Å². The summed E-state index contributed by atoms with van der Waals surface area (Å²) in [4.78, 5) is 12.4. The lowest BCUT2D eigenvalue weighted by Gasteiger charge is -2.03. The van der Waals surface area contributed by atoms with Gasteiger partial charge in [-0.2, -0.15) is 4.68 Å². The highest BCUT2D eigenvalue weighted by Crippen LogP contribution is 2.14. The Morgan fingerprint density at radius 2 is 1.24 bits per heavy atom. The lowest BCUT2D eigenvalue weighted by Crippen LogP contribution is -2.12. The van der Waals surface area contributed by atoms with Gasteiger partial charge in [-0.15, -0.1) is 5.10 Å². The third-order valence-electron chi connectivity index (χ3n) is 6.49. The van der Waals surface area contributed by atoms with Crippen LogP contribution in [0.2, 0.25) is 0 Å². The number of carbonyl (C=O) groups is 1. The van der Waals surface area contributed by atoms with Crippen molar-refractivity contribution in [2.75, 3.05) is 0 Å². The smallest absolute Gasteiger partial charge is 0.248 e. The van der Waals surface area contributed by atoms with Crippen molar-refractivity contribution >= 4 is 16.9 Å². The van der Waals surface area contributed by atoms with Crippen molar-refractivity contribution < 1.29 is 4.79 Å². The van der Waals surface area contributed by atoms with Crippen molar-refractivity contribution in [2.24, 2.45) is 0 Å². The number of fused-ring (bicyclic) bond motifs is 1. The number of para-hydroxylation sites is 1. The Bertz CT molecular complexity index is 780. The quantitative estimate of drug-likeness (QED) is 0.148. The van der Waals surface area contributed by atoms with Crippen molar-refractivity contribution in [3.05, 3.63) is 36.4 Å². The zero-order valence-corrected chi connectivity index (χ0v) is 21.1. The molecule has 0 aliphatic carbocycles. The van der Waals surface area contributed by atoms with E-state index in [1.807, 2.05) is 24.3 Å². The van der Waals surface area contributed by atoms with Crippen LogP contribution in [0.5, 0.6) is 0 Å². The molecule has 1 aromatic heterocycles. The number of nitrogens with zero attached hydrogens (tertiary/aromatic N) is 3. The largest absolute Gasteiger partial charge is 0.273 e. The molecular formula is C29H47N3O. The van der Waals surface area contributed by atoms with Crippen molar-refractivity contribution in [2.45, 2.75) is 129 Å². The molecule has 0 radical (unpaired) electrons. The zero-order valence-electron chi connectivity index (χ0n) is 21.1. The summed E-state index contributed by atoms with van der Waals surface area (Å²) in [5.74, 6) is 0.0564. The predicted molar refractivity (Wildman–Crippen MR) is 141 cm³/mol. The third-order valence-corrected chi connectivity index (χ3v) is 6.49. The first-order chi connectivity index (χ1) is 16.3. The van der Waals surface area contributed by atoms with E-state index in [-0.39, 0.29) is 5.91 Å². The number of rotatable bonds is 20. The van der Waals surface area contributed by atoms with Gasteiger partial charge in [0.1, 0.15) is 5.52 Å². The summed E-state index contributed by atoms with van der Waals surface area (Å²) < 4.78 is 1.46. The summed E-state index contributed by atoms with van der Waals surface area (Å²) in [6.45, 7) is 2.28. The first kappa shape index (κ1) is 27.3. The van der Waals surface area contributed by atoms with E-state index in [9.17, 15) is 4.79 Å². The van der Waals surface area contributed by atoms with E-state index >= 15 is 0 Å². The average Bonchev–Trinajstić information content (AvgIpc) is 3.27. The van der Waals surface area contributed by atoms with E-state index in [0.29, 0.717) is 6.42 Å². The average molecular weight is 454 g/mol. The Kier molecular flexibility index (Phi) is 15.3. The number of carbonyl (C=O) groups excluding carboxylic acids is 1. The van der Waals surface area contributed by atoms with E-state index in [2.05, 4.69) is 29.4 Å². The van der Waals surface area contributed by atoms with Crippen LogP contribution in [0.15, 0.2) is 36.4 Å². The Balaban J connectivity index is 1.32. The van der Waals surface area contributed by atoms with Gasteiger partial charge < -0.3 is 0 Å². The number of benzene rings is 1. The fraction of sp³-hybridized carbons (Fsp3) is 0.690. The lowest BCUT2D eigenvalue weighted by atomic mass is 10.0. The highest BCUT2D eigenvalue weighted by Gasteiger charge is 2.10. The summed E-state index contributed by atoms with van der Waals surface area (Å²) >= 11 is 0. The maximum atomic E-state index is 12.4. The Morgan fingerprint density at radius 1 is 0.727 bits per heavy atom. The molecule has 2 aromatic rings. The highest BCUT2D eigenvalue weighted by molar-refractivity contribution is 5.88. The fourth-order valence-corrected chi connectivity index (χ4v) is 4.39. The number of hydrogen-bond acceptors (Lipinski definition) is 3. The molecular weight excluding hydrogens is 406 g/mol. The molecule has 2 rings (SSSR count). The van der Waals surface area contributed by atoms with E-state index in [1.54, 1.807) is 0 Å². The second-order valence-corrected chi connectivity index (χ2v) is 9.49. The van der Waals surface area contributed by atoms with Crippen molar-refractivity contribution in [1.29, 1.82) is 0 Å². The molecule has 0 fully saturated rings. The number of hydrogen-bond donors (Lipinski definition) is 0. The molecule has 184 valence electrons. The molecule has 0 bridgehead atoms. The molecule has 4 heteroatoms. The van der Waals surface area contributed by atoms with Gasteiger partial charge in [-0.1, -0.05) is 120 Å². The summed E-state index contributed by atoms with van der Waals surface area (Å²) in [6, 6.07) is 7.63. The minimum Gasteiger partial charge on any atom is -0.273 e. The highest BCUT2D eigenvalue weighted by atomic mass is 16.2. The van der Waals surface area contributed by atoms with Gasteiger partial charge >= 0.3 is 0 Å². The molecule has 1 heterocycles. The second kappa shape index (κ2) is 18.5. The first-order valence-electron chi connectivity index (χ1n) is 13.8. The van der Waals surface area contributed by atoms with Crippen LogP contribution in [0.3, 0.4) is 0 Å². The van der Waals surface area contributed by atoms with Crippen LogP contribution in [0.1, 0.15) is 134 Å². The van der Waals surface area contributed by atoms with Crippen LogP contribution >= 0.6 is 0 Å². The Hall–Kier alpha value is -1.97. The van der Waals surface area contributed by atoms with Crippen molar-refractivity contribution in [3.63, 3.8) is 0 Å². The Morgan fingerprint density at radius 3 is 1.85 bits per heavy atom. The van der Waals surface area contributed by atoms with E-state index in [4.69, 9.17) is 0 Å². The van der Waals surface area contributed by atoms with Crippen LogP contribution in [-0.2, 0) is 0 Å². The second-order valence-electron chi connectivity index (χ2n) is 9.49. The number of aromatic nitrogens is 3. The van der Waals surface area contributed by atoms with Gasteiger partial charge in [-0.05, 0) is 44.2 Å². The van der Waals surface area contributed by atoms with E-state index in [1.165, 1.54) is 107 Å². The molecule has 0 aliphatic heterocycles.